The average molecular weight is 242 g/mol. The van der Waals surface area contributed by atoms with Gasteiger partial charge in [-0.25, -0.2) is 0 Å². The SMILES string of the molecule is CC(C)C(=O)C[C@@H](C)[C@@H](C)C(=O)OC(C)(C)C. The van der Waals surface area contributed by atoms with Crippen molar-refractivity contribution in [3.8, 4) is 0 Å². The predicted octanol–water partition coefficient (Wildman–Crippen LogP) is 3.22. The van der Waals surface area contributed by atoms with Crippen LogP contribution in [0.5, 0.6) is 0 Å². The van der Waals surface area contributed by atoms with Crippen LogP contribution in [0.1, 0.15) is 54.9 Å². The van der Waals surface area contributed by atoms with Crippen molar-refractivity contribution in [1.29, 1.82) is 0 Å². The van der Waals surface area contributed by atoms with Crippen molar-refractivity contribution in [2.24, 2.45) is 17.8 Å². The minimum atomic E-state index is -0.465. The van der Waals surface area contributed by atoms with E-state index in [4.69, 9.17) is 4.74 Å². The summed E-state index contributed by atoms with van der Waals surface area (Å²) in [5.41, 5.74) is -0.465. The third kappa shape index (κ3) is 6.44. The third-order valence-electron chi connectivity index (χ3n) is 2.80. The first kappa shape index (κ1) is 16.1. The van der Waals surface area contributed by atoms with Crippen LogP contribution in [-0.2, 0) is 14.3 Å². The molecule has 0 saturated heterocycles. The molecule has 0 aliphatic carbocycles. The van der Waals surface area contributed by atoms with Crippen molar-refractivity contribution in [2.75, 3.05) is 0 Å². The van der Waals surface area contributed by atoms with E-state index >= 15 is 0 Å². The summed E-state index contributed by atoms with van der Waals surface area (Å²) in [7, 11) is 0. The minimum absolute atomic E-state index is 0.0275. The van der Waals surface area contributed by atoms with Gasteiger partial charge in [0.15, 0.2) is 0 Å². The molecule has 0 aliphatic heterocycles. The topological polar surface area (TPSA) is 43.4 Å². The Morgan fingerprint density at radius 2 is 1.53 bits per heavy atom. The molecular formula is C14H26O3. The first-order valence-electron chi connectivity index (χ1n) is 6.30. The summed E-state index contributed by atoms with van der Waals surface area (Å²) in [5, 5.41) is 0. The van der Waals surface area contributed by atoms with Crippen LogP contribution < -0.4 is 0 Å². The molecule has 0 aromatic heterocycles. The number of carbonyl (C=O) groups is 2. The maximum absolute atomic E-state index is 11.8. The van der Waals surface area contributed by atoms with Crippen LogP contribution in [0.25, 0.3) is 0 Å². The van der Waals surface area contributed by atoms with E-state index in [2.05, 4.69) is 0 Å². The molecule has 0 N–H and O–H groups in total. The average Bonchev–Trinajstić information content (AvgIpc) is 2.13. The highest BCUT2D eigenvalue weighted by atomic mass is 16.6. The van der Waals surface area contributed by atoms with E-state index in [-0.39, 0.29) is 29.5 Å². The molecule has 100 valence electrons. The number of carbonyl (C=O) groups excluding carboxylic acids is 2. The Labute approximate surface area is 105 Å². The molecule has 0 radical (unpaired) electrons. The molecule has 0 unspecified atom stereocenters. The Bertz CT molecular complexity index is 274. The number of Topliss-reactive ketones (excluding diaryl/α,β-unsaturated/α-hetero) is 1. The molecule has 3 nitrogen and oxygen atoms in total. The van der Waals surface area contributed by atoms with E-state index in [1.54, 1.807) is 0 Å². The Balaban J connectivity index is 4.35. The minimum Gasteiger partial charge on any atom is -0.460 e. The van der Waals surface area contributed by atoms with E-state index in [0.29, 0.717) is 6.42 Å². The zero-order chi connectivity index (χ0) is 13.8. The second kappa shape index (κ2) is 6.18. The van der Waals surface area contributed by atoms with Gasteiger partial charge >= 0.3 is 5.97 Å². The summed E-state index contributed by atoms with van der Waals surface area (Å²) < 4.78 is 5.31. The Morgan fingerprint density at radius 3 is 1.88 bits per heavy atom. The molecule has 0 bridgehead atoms. The summed E-state index contributed by atoms with van der Waals surface area (Å²) in [5.74, 6) is -0.200. The molecule has 17 heavy (non-hydrogen) atoms. The molecule has 0 aliphatic rings. The van der Waals surface area contributed by atoms with Crippen molar-refractivity contribution in [2.45, 2.75) is 60.5 Å². The monoisotopic (exact) mass is 242 g/mol. The van der Waals surface area contributed by atoms with Gasteiger partial charge in [0.05, 0.1) is 5.92 Å². The summed E-state index contributed by atoms with van der Waals surface area (Å²) in [4.78, 5) is 23.4. The van der Waals surface area contributed by atoms with E-state index in [1.807, 2.05) is 48.5 Å². The van der Waals surface area contributed by atoms with Crippen LogP contribution >= 0.6 is 0 Å². The van der Waals surface area contributed by atoms with Gasteiger partial charge in [-0.2, -0.15) is 0 Å². The molecule has 0 aromatic rings. The van der Waals surface area contributed by atoms with Gasteiger partial charge in [-0.05, 0) is 26.7 Å². The maximum atomic E-state index is 11.8. The third-order valence-corrected chi connectivity index (χ3v) is 2.80. The first-order chi connectivity index (χ1) is 7.54. The standard InChI is InChI=1S/C14H26O3/c1-9(2)12(15)8-10(3)11(4)13(16)17-14(5,6)7/h9-11H,8H2,1-7H3/t10-,11-/m1/s1. The van der Waals surface area contributed by atoms with Crippen LogP contribution in [0.4, 0.5) is 0 Å². The highest BCUT2D eigenvalue weighted by molar-refractivity contribution is 5.81. The van der Waals surface area contributed by atoms with Crippen molar-refractivity contribution < 1.29 is 14.3 Å². The number of ether oxygens (including phenoxy) is 1. The highest BCUT2D eigenvalue weighted by Crippen LogP contribution is 2.21. The molecule has 2 atom stereocenters. The number of esters is 1. The molecular weight excluding hydrogens is 216 g/mol. The summed E-state index contributed by atoms with van der Waals surface area (Å²) in [6, 6.07) is 0. The number of rotatable bonds is 5. The van der Waals surface area contributed by atoms with Crippen LogP contribution in [0, 0.1) is 17.8 Å². The molecule has 3 heteroatoms. The Kier molecular flexibility index (Phi) is 5.86. The zero-order valence-corrected chi connectivity index (χ0v) is 12.2. The largest absolute Gasteiger partial charge is 0.460 e. The fourth-order valence-corrected chi connectivity index (χ4v) is 1.36. The van der Waals surface area contributed by atoms with E-state index in [1.165, 1.54) is 0 Å². The second-order valence-electron chi connectivity index (χ2n) is 6.12. The van der Waals surface area contributed by atoms with Crippen molar-refractivity contribution in [1.82, 2.24) is 0 Å². The smallest absolute Gasteiger partial charge is 0.309 e. The molecule has 0 spiro atoms. The quantitative estimate of drug-likeness (QED) is 0.695. The van der Waals surface area contributed by atoms with Gasteiger partial charge in [0.25, 0.3) is 0 Å². The van der Waals surface area contributed by atoms with Gasteiger partial charge < -0.3 is 4.74 Å². The van der Waals surface area contributed by atoms with Gasteiger partial charge in [-0.1, -0.05) is 27.7 Å². The van der Waals surface area contributed by atoms with Crippen molar-refractivity contribution in [3.05, 3.63) is 0 Å². The lowest BCUT2D eigenvalue weighted by Crippen LogP contribution is -2.31. The lowest BCUT2D eigenvalue weighted by atomic mass is 9.88. The van der Waals surface area contributed by atoms with E-state index in [9.17, 15) is 9.59 Å². The molecule has 0 saturated carbocycles. The fraction of sp³-hybridized carbons (Fsp3) is 0.857. The van der Waals surface area contributed by atoms with Gasteiger partial charge in [0.2, 0.25) is 0 Å². The lowest BCUT2D eigenvalue weighted by Gasteiger charge is -2.25. The number of hydrogen-bond acceptors (Lipinski definition) is 3. The van der Waals surface area contributed by atoms with E-state index < -0.39 is 5.60 Å². The molecule has 0 aromatic carbocycles. The van der Waals surface area contributed by atoms with Crippen LogP contribution in [0.2, 0.25) is 0 Å². The molecule has 0 amide bonds. The van der Waals surface area contributed by atoms with Gasteiger partial charge in [0.1, 0.15) is 11.4 Å². The normalized spacial score (nSPS) is 15.5. The van der Waals surface area contributed by atoms with Gasteiger partial charge in [0, 0.05) is 12.3 Å². The summed E-state index contributed by atoms with van der Waals surface area (Å²) >= 11 is 0. The van der Waals surface area contributed by atoms with Crippen molar-refractivity contribution >= 4 is 11.8 Å². The molecule has 0 heterocycles. The second-order valence-corrected chi connectivity index (χ2v) is 6.12. The van der Waals surface area contributed by atoms with Gasteiger partial charge in [-0.3, -0.25) is 9.59 Å². The summed E-state index contributed by atoms with van der Waals surface area (Å²) in [6.45, 7) is 13.1. The lowest BCUT2D eigenvalue weighted by molar-refractivity contribution is -0.161. The maximum Gasteiger partial charge on any atom is 0.309 e. The predicted molar refractivity (Wildman–Crippen MR) is 68.6 cm³/mol. The first-order valence-corrected chi connectivity index (χ1v) is 6.30. The van der Waals surface area contributed by atoms with Crippen LogP contribution in [-0.4, -0.2) is 17.4 Å². The highest BCUT2D eigenvalue weighted by Gasteiger charge is 2.27. The van der Waals surface area contributed by atoms with Crippen molar-refractivity contribution in [3.63, 3.8) is 0 Å². The molecule has 0 fully saturated rings. The molecule has 0 rings (SSSR count). The zero-order valence-electron chi connectivity index (χ0n) is 12.2. The number of hydrogen-bond donors (Lipinski definition) is 0. The number of ketones is 1. The Hall–Kier alpha value is -0.860. The van der Waals surface area contributed by atoms with Crippen LogP contribution in [0.3, 0.4) is 0 Å². The summed E-state index contributed by atoms with van der Waals surface area (Å²) in [6.07, 6.45) is 0.443. The Morgan fingerprint density at radius 1 is 1.06 bits per heavy atom. The van der Waals surface area contributed by atoms with Gasteiger partial charge in [-0.15, -0.1) is 0 Å². The fourth-order valence-electron chi connectivity index (χ4n) is 1.36. The van der Waals surface area contributed by atoms with E-state index in [0.717, 1.165) is 0 Å². The van der Waals surface area contributed by atoms with Crippen LogP contribution in [0.15, 0.2) is 0 Å².